The van der Waals surface area contributed by atoms with Crippen LogP contribution in [-0.4, -0.2) is 34.7 Å². The highest BCUT2D eigenvalue weighted by Gasteiger charge is 2.25. The average Bonchev–Trinajstić information content (AvgIpc) is 3.11. The van der Waals surface area contributed by atoms with Crippen molar-refractivity contribution < 1.29 is 9.13 Å². The number of methoxy groups -OCH3 is 1. The smallest absolute Gasteiger partial charge is 0.125 e. The highest BCUT2D eigenvalue weighted by molar-refractivity contribution is 5.80. The van der Waals surface area contributed by atoms with E-state index in [0.29, 0.717) is 12.0 Å². The van der Waals surface area contributed by atoms with Crippen molar-refractivity contribution in [3.8, 4) is 5.75 Å². The van der Waals surface area contributed by atoms with Gasteiger partial charge >= 0.3 is 0 Å². The monoisotopic (exact) mass is 409 g/mol. The number of ether oxygens (including phenoxy) is 1. The molecule has 3 aromatic rings. The molecule has 0 saturated carbocycles. The Kier molecular flexibility index (Phi) is 6.09. The second-order valence-corrected chi connectivity index (χ2v) is 8.54. The fourth-order valence-electron chi connectivity index (χ4n) is 4.81. The third-order valence-electron chi connectivity index (χ3n) is 6.58. The van der Waals surface area contributed by atoms with Crippen LogP contribution in [0.5, 0.6) is 5.75 Å². The Hall–Kier alpha value is -2.40. The Labute approximate surface area is 178 Å². The molecule has 1 aliphatic rings. The van der Waals surface area contributed by atoms with E-state index in [1.807, 2.05) is 13.0 Å². The maximum Gasteiger partial charge on any atom is 0.125 e. The zero-order valence-corrected chi connectivity index (χ0v) is 18.5. The number of piperidine rings is 1. The van der Waals surface area contributed by atoms with Gasteiger partial charge in [-0.1, -0.05) is 25.1 Å². The Morgan fingerprint density at radius 2 is 1.93 bits per heavy atom. The molecule has 2 heterocycles. The van der Waals surface area contributed by atoms with Gasteiger partial charge in [-0.2, -0.15) is 0 Å². The minimum Gasteiger partial charge on any atom is -0.496 e. The molecule has 0 amide bonds. The van der Waals surface area contributed by atoms with Gasteiger partial charge in [-0.3, -0.25) is 4.90 Å². The molecule has 0 spiro atoms. The molecule has 1 unspecified atom stereocenters. The number of imidazole rings is 1. The van der Waals surface area contributed by atoms with E-state index < -0.39 is 0 Å². The Morgan fingerprint density at radius 1 is 1.20 bits per heavy atom. The first-order chi connectivity index (χ1) is 14.5. The summed E-state index contributed by atoms with van der Waals surface area (Å²) < 4.78 is 21.9. The van der Waals surface area contributed by atoms with E-state index in [1.165, 1.54) is 5.56 Å². The van der Waals surface area contributed by atoms with E-state index in [2.05, 4.69) is 41.5 Å². The van der Waals surface area contributed by atoms with Gasteiger partial charge in [0.2, 0.25) is 0 Å². The number of likely N-dealkylation sites (tertiary alicyclic amines) is 1. The molecule has 5 heteroatoms. The van der Waals surface area contributed by atoms with Gasteiger partial charge < -0.3 is 9.30 Å². The highest BCUT2D eigenvalue weighted by Crippen LogP contribution is 2.35. The number of halogens is 1. The van der Waals surface area contributed by atoms with Gasteiger partial charge in [-0.15, -0.1) is 0 Å². The summed E-state index contributed by atoms with van der Waals surface area (Å²) in [5, 5.41) is 0. The first-order valence-electron chi connectivity index (χ1n) is 11.0. The second kappa shape index (κ2) is 8.76. The molecule has 2 aromatic carbocycles. The zero-order valence-electron chi connectivity index (χ0n) is 18.5. The van der Waals surface area contributed by atoms with Gasteiger partial charge in [0.1, 0.15) is 17.4 Å². The predicted octanol–water partition coefficient (Wildman–Crippen LogP) is 5.84. The first-order valence-corrected chi connectivity index (χ1v) is 11.0. The Bertz CT molecular complexity index is 1020. The van der Waals surface area contributed by atoms with E-state index in [9.17, 15) is 4.39 Å². The number of nitrogens with zero attached hydrogens (tertiary/aromatic N) is 3. The van der Waals surface area contributed by atoms with Crippen LogP contribution >= 0.6 is 0 Å². The highest BCUT2D eigenvalue weighted by atomic mass is 19.1. The zero-order chi connectivity index (χ0) is 21.3. The summed E-state index contributed by atoms with van der Waals surface area (Å²) in [5.41, 5.74) is 4.12. The molecule has 1 fully saturated rings. The van der Waals surface area contributed by atoms with Crippen LogP contribution in [0.15, 0.2) is 36.4 Å². The van der Waals surface area contributed by atoms with Crippen molar-refractivity contribution in [3.63, 3.8) is 0 Å². The van der Waals surface area contributed by atoms with Crippen molar-refractivity contribution in [1.29, 1.82) is 0 Å². The van der Waals surface area contributed by atoms with E-state index in [1.54, 1.807) is 19.2 Å². The normalized spacial score (nSPS) is 16.8. The summed E-state index contributed by atoms with van der Waals surface area (Å²) in [6, 6.07) is 11.9. The molecule has 1 aliphatic heterocycles. The molecule has 30 heavy (non-hydrogen) atoms. The van der Waals surface area contributed by atoms with Crippen molar-refractivity contribution in [1.82, 2.24) is 14.5 Å². The quantitative estimate of drug-likeness (QED) is 0.512. The summed E-state index contributed by atoms with van der Waals surface area (Å²) in [5.74, 6) is 2.36. The molecular weight excluding hydrogens is 377 g/mol. The SMILES string of the molecule is CCC(C)n1c(CN2CCC(c3ccccc3OC)CC2)nc2cc(F)cc(C)c21. The van der Waals surface area contributed by atoms with Gasteiger partial charge in [0, 0.05) is 12.1 Å². The lowest BCUT2D eigenvalue weighted by Gasteiger charge is -2.33. The lowest BCUT2D eigenvalue weighted by molar-refractivity contribution is 0.195. The van der Waals surface area contributed by atoms with Gasteiger partial charge in [0.15, 0.2) is 0 Å². The number of aryl methyl sites for hydroxylation is 1. The largest absolute Gasteiger partial charge is 0.496 e. The van der Waals surface area contributed by atoms with E-state index in [4.69, 9.17) is 9.72 Å². The Morgan fingerprint density at radius 3 is 2.63 bits per heavy atom. The summed E-state index contributed by atoms with van der Waals surface area (Å²) in [7, 11) is 1.75. The van der Waals surface area contributed by atoms with Gasteiger partial charge in [0.05, 0.1) is 24.7 Å². The minimum atomic E-state index is -0.210. The maximum absolute atomic E-state index is 14.0. The molecule has 4 rings (SSSR count). The third kappa shape index (κ3) is 3.95. The van der Waals surface area contributed by atoms with Crippen molar-refractivity contribution in [2.24, 2.45) is 0 Å². The lowest BCUT2D eigenvalue weighted by atomic mass is 9.89. The molecular formula is C25H32FN3O. The standard InChI is InChI=1S/C25H32FN3O/c1-5-18(3)29-24(27-22-15-20(26)14-17(2)25(22)29)16-28-12-10-19(11-13-28)21-8-6-7-9-23(21)30-4/h6-9,14-15,18-19H,5,10-13,16H2,1-4H3. The van der Waals surface area contributed by atoms with Gasteiger partial charge in [0.25, 0.3) is 0 Å². The minimum absolute atomic E-state index is 0.210. The molecule has 160 valence electrons. The number of hydrogen-bond acceptors (Lipinski definition) is 3. The van der Waals surface area contributed by atoms with Crippen molar-refractivity contribution >= 4 is 11.0 Å². The topological polar surface area (TPSA) is 30.3 Å². The number of rotatable bonds is 6. The number of benzene rings is 2. The van der Waals surface area contributed by atoms with Crippen LogP contribution in [0.1, 0.15) is 62.0 Å². The fourth-order valence-corrected chi connectivity index (χ4v) is 4.81. The number of aromatic nitrogens is 2. The molecule has 1 atom stereocenters. The van der Waals surface area contributed by atoms with Crippen LogP contribution in [-0.2, 0) is 6.54 Å². The van der Waals surface area contributed by atoms with Crippen molar-refractivity contribution in [3.05, 3.63) is 59.2 Å². The van der Waals surface area contributed by atoms with E-state index in [-0.39, 0.29) is 5.82 Å². The van der Waals surface area contributed by atoms with Crippen molar-refractivity contribution in [2.45, 2.75) is 58.5 Å². The molecule has 0 N–H and O–H groups in total. The van der Waals surface area contributed by atoms with Gasteiger partial charge in [-0.25, -0.2) is 9.37 Å². The van der Waals surface area contributed by atoms with Crippen molar-refractivity contribution in [2.75, 3.05) is 20.2 Å². The first kappa shape index (κ1) is 20.9. The number of para-hydroxylation sites is 1. The van der Waals surface area contributed by atoms with Gasteiger partial charge in [-0.05, 0) is 75.4 Å². The fraction of sp³-hybridized carbons (Fsp3) is 0.480. The molecule has 0 aliphatic carbocycles. The van der Waals surface area contributed by atoms with Crippen LogP contribution in [0, 0.1) is 12.7 Å². The molecule has 4 nitrogen and oxygen atoms in total. The molecule has 1 aromatic heterocycles. The Balaban J connectivity index is 1.55. The number of hydrogen-bond donors (Lipinski definition) is 0. The summed E-state index contributed by atoms with van der Waals surface area (Å²) in [6.07, 6.45) is 3.24. The maximum atomic E-state index is 14.0. The average molecular weight is 410 g/mol. The molecule has 0 bridgehead atoms. The second-order valence-electron chi connectivity index (χ2n) is 8.54. The predicted molar refractivity (Wildman–Crippen MR) is 120 cm³/mol. The van der Waals surface area contributed by atoms with Crippen LogP contribution < -0.4 is 4.74 Å². The lowest BCUT2D eigenvalue weighted by Crippen LogP contribution is -2.33. The van der Waals surface area contributed by atoms with E-state index in [0.717, 1.165) is 67.1 Å². The number of fused-ring (bicyclic) bond motifs is 1. The van der Waals surface area contributed by atoms with Crippen LogP contribution in [0.3, 0.4) is 0 Å². The summed E-state index contributed by atoms with van der Waals surface area (Å²) in [4.78, 5) is 7.35. The molecule has 1 saturated heterocycles. The summed E-state index contributed by atoms with van der Waals surface area (Å²) in [6.45, 7) is 9.26. The third-order valence-corrected chi connectivity index (χ3v) is 6.58. The van der Waals surface area contributed by atoms with Crippen LogP contribution in [0.25, 0.3) is 11.0 Å². The molecule has 0 radical (unpaired) electrons. The van der Waals surface area contributed by atoms with Crippen LogP contribution in [0.2, 0.25) is 0 Å². The van der Waals surface area contributed by atoms with Crippen LogP contribution in [0.4, 0.5) is 4.39 Å². The van der Waals surface area contributed by atoms with E-state index >= 15 is 0 Å². The summed E-state index contributed by atoms with van der Waals surface area (Å²) >= 11 is 0.